The van der Waals surface area contributed by atoms with Crippen molar-refractivity contribution in [1.29, 1.82) is 0 Å². The Morgan fingerprint density at radius 2 is 2.36 bits per heavy atom. The van der Waals surface area contributed by atoms with Crippen molar-refractivity contribution >= 4 is 0 Å². The minimum absolute atomic E-state index is 0.267. The fourth-order valence-electron chi connectivity index (χ4n) is 2.09. The number of nitrogens with zero attached hydrogens (tertiary/aromatic N) is 1. The molecule has 2 rings (SSSR count). The van der Waals surface area contributed by atoms with Crippen LogP contribution in [0.3, 0.4) is 0 Å². The molecule has 1 saturated carbocycles. The van der Waals surface area contributed by atoms with Crippen molar-refractivity contribution in [3.05, 3.63) is 30.1 Å². The number of nitrogens with two attached hydrogens (primary N) is 1. The van der Waals surface area contributed by atoms with Crippen molar-refractivity contribution in [2.75, 3.05) is 13.6 Å². The highest BCUT2D eigenvalue weighted by molar-refractivity contribution is 5.17. The molecule has 3 nitrogen and oxygen atoms in total. The Kier molecular flexibility index (Phi) is 2.52. The van der Waals surface area contributed by atoms with E-state index in [1.807, 2.05) is 25.4 Å². The van der Waals surface area contributed by atoms with Crippen LogP contribution in [0, 0.1) is 5.41 Å². The molecule has 1 atom stereocenters. The van der Waals surface area contributed by atoms with Gasteiger partial charge in [-0.05, 0) is 38.6 Å². The highest BCUT2D eigenvalue weighted by Gasteiger charge is 2.48. The summed E-state index contributed by atoms with van der Waals surface area (Å²) in [6, 6.07) is 6.35. The minimum atomic E-state index is 0.267. The second-order valence-electron chi connectivity index (χ2n) is 4.04. The van der Waals surface area contributed by atoms with E-state index in [-0.39, 0.29) is 5.41 Å². The average molecular weight is 191 g/mol. The van der Waals surface area contributed by atoms with E-state index < -0.39 is 0 Å². The van der Waals surface area contributed by atoms with Gasteiger partial charge in [0, 0.05) is 11.6 Å². The standard InChI is InChI=1S/C11H17N3/c1-13-10(11(8-12)5-6-11)9-4-2-3-7-14-9/h2-4,7,10,13H,5-6,8,12H2,1H3. The van der Waals surface area contributed by atoms with Crippen molar-refractivity contribution in [3.63, 3.8) is 0 Å². The first-order valence-corrected chi connectivity index (χ1v) is 5.11. The van der Waals surface area contributed by atoms with Crippen LogP contribution in [0.15, 0.2) is 24.4 Å². The Morgan fingerprint density at radius 1 is 1.57 bits per heavy atom. The lowest BCUT2D eigenvalue weighted by atomic mass is 9.93. The third kappa shape index (κ3) is 1.53. The van der Waals surface area contributed by atoms with Crippen LogP contribution in [0.1, 0.15) is 24.6 Å². The van der Waals surface area contributed by atoms with Crippen LogP contribution in [-0.2, 0) is 0 Å². The van der Waals surface area contributed by atoms with Crippen LogP contribution in [-0.4, -0.2) is 18.6 Å². The second-order valence-corrected chi connectivity index (χ2v) is 4.04. The fourth-order valence-corrected chi connectivity index (χ4v) is 2.09. The molecule has 14 heavy (non-hydrogen) atoms. The van der Waals surface area contributed by atoms with Crippen LogP contribution < -0.4 is 11.1 Å². The maximum absolute atomic E-state index is 5.81. The van der Waals surface area contributed by atoms with Gasteiger partial charge >= 0.3 is 0 Å². The number of hydrogen-bond acceptors (Lipinski definition) is 3. The summed E-state index contributed by atoms with van der Waals surface area (Å²) in [6.45, 7) is 0.745. The van der Waals surface area contributed by atoms with Crippen LogP contribution in [0.25, 0.3) is 0 Å². The molecule has 0 aliphatic heterocycles. The van der Waals surface area contributed by atoms with E-state index >= 15 is 0 Å². The molecule has 1 aromatic heterocycles. The SMILES string of the molecule is CNC(c1ccccn1)C1(CN)CC1. The van der Waals surface area contributed by atoms with Gasteiger partial charge in [-0.1, -0.05) is 6.07 Å². The first-order chi connectivity index (χ1) is 6.82. The smallest absolute Gasteiger partial charge is 0.0579 e. The first-order valence-electron chi connectivity index (χ1n) is 5.11. The number of rotatable bonds is 4. The Hall–Kier alpha value is -0.930. The first kappa shape index (κ1) is 9.62. The van der Waals surface area contributed by atoms with E-state index in [4.69, 9.17) is 5.73 Å². The molecule has 0 aromatic carbocycles. The van der Waals surface area contributed by atoms with E-state index in [0.717, 1.165) is 12.2 Å². The zero-order chi connectivity index (χ0) is 10.0. The summed E-state index contributed by atoms with van der Waals surface area (Å²) in [5, 5.41) is 3.33. The number of pyridine rings is 1. The molecule has 1 aliphatic carbocycles. The van der Waals surface area contributed by atoms with Crippen molar-refractivity contribution in [3.8, 4) is 0 Å². The highest BCUT2D eigenvalue weighted by atomic mass is 15.0. The Bertz CT molecular complexity index is 293. The molecule has 76 valence electrons. The lowest BCUT2D eigenvalue weighted by Crippen LogP contribution is -2.32. The average Bonchev–Trinajstić information content (AvgIpc) is 3.02. The maximum Gasteiger partial charge on any atom is 0.0579 e. The van der Waals surface area contributed by atoms with Crippen LogP contribution in [0.5, 0.6) is 0 Å². The number of nitrogens with one attached hydrogen (secondary N) is 1. The topological polar surface area (TPSA) is 50.9 Å². The van der Waals surface area contributed by atoms with Crippen LogP contribution >= 0.6 is 0 Å². The summed E-state index contributed by atoms with van der Waals surface area (Å²) in [7, 11) is 1.98. The summed E-state index contributed by atoms with van der Waals surface area (Å²) in [5.74, 6) is 0. The molecule has 1 aliphatic rings. The normalized spacial score (nSPS) is 20.4. The molecule has 1 heterocycles. The van der Waals surface area contributed by atoms with Crippen molar-refractivity contribution in [1.82, 2.24) is 10.3 Å². The Morgan fingerprint density at radius 3 is 2.79 bits per heavy atom. The van der Waals surface area contributed by atoms with Gasteiger partial charge in [0.25, 0.3) is 0 Å². The molecule has 0 bridgehead atoms. The third-order valence-corrected chi connectivity index (χ3v) is 3.18. The van der Waals surface area contributed by atoms with E-state index in [2.05, 4.69) is 16.4 Å². The Balaban J connectivity index is 2.22. The van der Waals surface area contributed by atoms with Crippen molar-refractivity contribution in [2.24, 2.45) is 11.1 Å². The predicted molar refractivity (Wildman–Crippen MR) is 56.8 cm³/mol. The molecule has 0 amide bonds. The van der Waals surface area contributed by atoms with Crippen molar-refractivity contribution in [2.45, 2.75) is 18.9 Å². The molecule has 1 aromatic rings. The molecule has 1 fully saturated rings. The maximum atomic E-state index is 5.81. The largest absolute Gasteiger partial charge is 0.330 e. The van der Waals surface area contributed by atoms with Crippen molar-refractivity contribution < 1.29 is 0 Å². The van der Waals surface area contributed by atoms with Gasteiger partial charge in [0.05, 0.1) is 11.7 Å². The molecule has 3 heteroatoms. The number of aromatic nitrogens is 1. The van der Waals surface area contributed by atoms with Gasteiger partial charge in [0.2, 0.25) is 0 Å². The van der Waals surface area contributed by atoms with E-state index in [1.165, 1.54) is 12.8 Å². The summed E-state index contributed by atoms with van der Waals surface area (Å²) in [6.07, 6.45) is 4.27. The summed E-state index contributed by atoms with van der Waals surface area (Å²) in [4.78, 5) is 4.39. The zero-order valence-electron chi connectivity index (χ0n) is 8.53. The quantitative estimate of drug-likeness (QED) is 0.748. The van der Waals surface area contributed by atoms with Crippen LogP contribution in [0.4, 0.5) is 0 Å². The van der Waals surface area contributed by atoms with Gasteiger partial charge in [-0.2, -0.15) is 0 Å². The van der Waals surface area contributed by atoms with Gasteiger partial charge < -0.3 is 11.1 Å². The van der Waals surface area contributed by atoms with E-state index in [0.29, 0.717) is 6.04 Å². The van der Waals surface area contributed by atoms with Gasteiger partial charge in [0.1, 0.15) is 0 Å². The summed E-state index contributed by atoms with van der Waals surface area (Å²) < 4.78 is 0. The fraction of sp³-hybridized carbons (Fsp3) is 0.545. The molecule has 0 radical (unpaired) electrons. The lowest BCUT2D eigenvalue weighted by molar-refractivity contribution is 0.359. The molecule has 0 spiro atoms. The third-order valence-electron chi connectivity index (χ3n) is 3.18. The molecule has 1 unspecified atom stereocenters. The van der Waals surface area contributed by atoms with Gasteiger partial charge in [-0.15, -0.1) is 0 Å². The van der Waals surface area contributed by atoms with Crippen LogP contribution in [0.2, 0.25) is 0 Å². The molecule has 0 saturated heterocycles. The molecular formula is C11H17N3. The lowest BCUT2D eigenvalue weighted by Gasteiger charge is -2.24. The zero-order valence-corrected chi connectivity index (χ0v) is 8.53. The van der Waals surface area contributed by atoms with E-state index in [1.54, 1.807) is 0 Å². The second kappa shape index (κ2) is 3.67. The summed E-state index contributed by atoms with van der Waals surface area (Å²) in [5.41, 5.74) is 7.19. The predicted octanol–water partition coefficient (Wildman–Crippen LogP) is 1.08. The number of hydrogen-bond donors (Lipinski definition) is 2. The molecular weight excluding hydrogens is 174 g/mol. The minimum Gasteiger partial charge on any atom is -0.330 e. The van der Waals surface area contributed by atoms with Gasteiger partial charge in [0.15, 0.2) is 0 Å². The highest BCUT2D eigenvalue weighted by Crippen LogP contribution is 2.53. The van der Waals surface area contributed by atoms with Gasteiger partial charge in [-0.25, -0.2) is 0 Å². The monoisotopic (exact) mass is 191 g/mol. The molecule has 3 N–H and O–H groups in total. The van der Waals surface area contributed by atoms with E-state index in [9.17, 15) is 0 Å². The Labute approximate surface area is 84.7 Å². The van der Waals surface area contributed by atoms with Gasteiger partial charge in [-0.3, -0.25) is 4.98 Å². The summed E-state index contributed by atoms with van der Waals surface area (Å²) >= 11 is 0.